The molecule has 1 fully saturated rings. The molecule has 1 aromatic carbocycles. The van der Waals surface area contributed by atoms with Crippen molar-refractivity contribution in [2.24, 2.45) is 0 Å². The summed E-state index contributed by atoms with van der Waals surface area (Å²) in [4.78, 5) is -0.324. The average molecular weight is 374 g/mol. The van der Waals surface area contributed by atoms with Crippen LogP contribution in [0.4, 0.5) is 4.39 Å². The number of benzene rings is 1. The van der Waals surface area contributed by atoms with Crippen LogP contribution in [0.1, 0.15) is 12.8 Å². The van der Waals surface area contributed by atoms with Gasteiger partial charge in [0.05, 0.1) is 0 Å². The third-order valence-electron chi connectivity index (χ3n) is 2.81. The number of piperidine rings is 1. The Kier molecular flexibility index (Phi) is 6.19. The van der Waals surface area contributed by atoms with Crippen LogP contribution in [0.3, 0.4) is 0 Å². The number of halogens is 3. The number of hydrogen-bond acceptors (Lipinski definition) is 3. The van der Waals surface area contributed by atoms with Crippen molar-refractivity contribution < 1.29 is 12.8 Å². The molecular formula is C11H15BrClFN2O2S. The zero-order chi connectivity index (χ0) is 13.2. The second kappa shape index (κ2) is 6.99. The molecule has 4 nitrogen and oxygen atoms in total. The van der Waals surface area contributed by atoms with Crippen LogP contribution in [0.2, 0.25) is 0 Å². The fraction of sp³-hybridized carbons (Fsp3) is 0.455. The predicted octanol–water partition coefficient (Wildman–Crippen LogP) is 2.04. The summed E-state index contributed by atoms with van der Waals surface area (Å²) < 4.78 is 40.7. The lowest BCUT2D eigenvalue weighted by molar-refractivity contribution is 0.427. The Morgan fingerprint density at radius 1 is 1.42 bits per heavy atom. The maximum absolute atomic E-state index is 13.6. The van der Waals surface area contributed by atoms with E-state index in [1.54, 1.807) is 0 Å². The molecule has 0 bridgehead atoms. The Labute approximate surface area is 126 Å². The lowest BCUT2D eigenvalue weighted by Crippen LogP contribution is -2.45. The third kappa shape index (κ3) is 4.13. The highest BCUT2D eigenvalue weighted by atomic mass is 79.9. The topological polar surface area (TPSA) is 58.2 Å². The fourth-order valence-electron chi connectivity index (χ4n) is 1.97. The summed E-state index contributed by atoms with van der Waals surface area (Å²) in [6, 6.07) is 3.92. The standard InChI is InChI=1S/C11H14BrFN2O2S.ClH/c12-9-4-1-5-10(13)11(9)18(16,17)15-8-3-2-6-14-7-8;/h1,4-5,8,14-15H,2-3,6-7H2;1H. The Morgan fingerprint density at radius 3 is 2.74 bits per heavy atom. The Morgan fingerprint density at radius 2 is 2.16 bits per heavy atom. The van der Waals surface area contributed by atoms with Crippen LogP contribution >= 0.6 is 28.3 Å². The van der Waals surface area contributed by atoms with E-state index in [9.17, 15) is 12.8 Å². The monoisotopic (exact) mass is 372 g/mol. The van der Waals surface area contributed by atoms with Gasteiger partial charge in [0.2, 0.25) is 10.0 Å². The maximum Gasteiger partial charge on any atom is 0.244 e. The third-order valence-corrected chi connectivity index (χ3v) is 5.33. The number of sulfonamides is 1. The van der Waals surface area contributed by atoms with Gasteiger partial charge in [-0.1, -0.05) is 6.07 Å². The van der Waals surface area contributed by atoms with Gasteiger partial charge in [-0.2, -0.15) is 0 Å². The van der Waals surface area contributed by atoms with E-state index in [1.165, 1.54) is 12.1 Å². The molecule has 1 aromatic rings. The van der Waals surface area contributed by atoms with Crippen LogP contribution < -0.4 is 10.0 Å². The van der Waals surface area contributed by atoms with Gasteiger partial charge in [0.25, 0.3) is 0 Å². The van der Waals surface area contributed by atoms with E-state index >= 15 is 0 Å². The summed E-state index contributed by atoms with van der Waals surface area (Å²) in [7, 11) is -3.83. The largest absolute Gasteiger partial charge is 0.315 e. The molecule has 19 heavy (non-hydrogen) atoms. The first-order valence-electron chi connectivity index (χ1n) is 5.68. The number of rotatable bonds is 3. The normalized spacial score (nSPS) is 19.8. The van der Waals surface area contributed by atoms with Crippen LogP contribution in [-0.2, 0) is 10.0 Å². The molecule has 1 atom stereocenters. The zero-order valence-electron chi connectivity index (χ0n) is 10.0. The van der Waals surface area contributed by atoms with E-state index in [-0.39, 0.29) is 27.8 Å². The van der Waals surface area contributed by atoms with E-state index in [0.29, 0.717) is 6.54 Å². The summed E-state index contributed by atoms with van der Waals surface area (Å²) in [6.45, 7) is 1.47. The van der Waals surface area contributed by atoms with Crippen LogP contribution in [-0.4, -0.2) is 27.5 Å². The minimum atomic E-state index is -3.83. The van der Waals surface area contributed by atoms with Gasteiger partial charge in [-0.25, -0.2) is 17.5 Å². The van der Waals surface area contributed by atoms with Crippen LogP contribution in [0.25, 0.3) is 0 Å². The Balaban J connectivity index is 0.00000180. The molecule has 1 saturated heterocycles. The van der Waals surface area contributed by atoms with Crippen molar-refractivity contribution in [3.63, 3.8) is 0 Å². The minimum Gasteiger partial charge on any atom is -0.315 e. The summed E-state index contributed by atoms with van der Waals surface area (Å²) in [6.07, 6.45) is 1.67. The van der Waals surface area contributed by atoms with Crippen LogP contribution in [0.5, 0.6) is 0 Å². The summed E-state index contributed by atoms with van der Waals surface area (Å²) in [5, 5.41) is 3.11. The highest BCUT2D eigenvalue weighted by Crippen LogP contribution is 2.25. The van der Waals surface area contributed by atoms with Gasteiger partial charge in [0.1, 0.15) is 10.7 Å². The van der Waals surface area contributed by atoms with Crippen LogP contribution in [0, 0.1) is 5.82 Å². The van der Waals surface area contributed by atoms with Crippen molar-refractivity contribution in [3.8, 4) is 0 Å². The molecule has 1 heterocycles. The Hall–Kier alpha value is -0.210. The smallest absolute Gasteiger partial charge is 0.244 e. The lowest BCUT2D eigenvalue weighted by Gasteiger charge is -2.23. The van der Waals surface area contributed by atoms with Gasteiger partial charge in [0.15, 0.2) is 0 Å². The molecule has 0 saturated carbocycles. The molecule has 1 unspecified atom stereocenters. The van der Waals surface area contributed by atoms with E-state index in [1.807, 2.05) is 0 Å². The molecule has 0 amide bonds. The van der Waals surface area contributed by atoms with E-state index in [4.69, 9.17) is 0 Å². The van der Waals surface area contributed by atoms with Crippen molar-refractivity contribution in [2.75, 3.05) is 13.1 Å². The molecule has 1 aliphatic heterocycles. The molecule has 8 heteroatoms. The molecule has 108 valence electrons. The lowest BCUT2D eigenvalue weighted by atomic mass is 10.1. The van der Waals surface area contributed by atoms with Crippen molar-refractivity contribution >= 4 is 38.4 Å². The molecular weight excluding hydrogens is 359 g/mol. The quantitative estimate of drug-likeness (QED) is 0.852. The van der Waals surface area contributed by atoms with Crippen molar-refractivity contribution in [2.45, 2.75) is 23.8 Å². The number of hydrogen-bond donors (Lipinski definition) is 2. The van der Waals surface area contributed by atoms with E-state index in [0.717, 1.165) is 25.5 Å². The average Bonchev–Trinajstić information content (AvgIpc) is 2.28. The fourth-order valence-corrected chi connectivity index (χ4v) is 4.36. The molecule has 2 N–H and O–H groups in total. The SMILES string of the molecule is Cl.O=S(=O)(NC1CCCNC1)c1c(F)cccc1Br. The first-order chi connectivity index (χ1) is 8.50. The van der Waals surface area contributed by atoms with Gasteiger partial charge >= 0.3 is 0 Å². The van der Waals surface area contributed by atoms with Crippen molar-refractivity contribution in [1.29, 1.82) is 0 Å². The molecule has 0 radical (unpaired) electrons. The highest BCUT2D eigenvalue weighted by molar-refractivity contribution is 9.10. The van der Waals surface area contributed by atoms with E-state index in [2.05, 4.69) is 26.0 Å². The van der Waals surface area contributed by atoms with Crippen LogP contribution in [0.15, 0.2) is 27.6 Å². The summed E-state index contributed by atoms with van der Waals surface area (Å²) in [5.41, 5.74) is 0. The molecule has 0 spiro atoms. The van der Waals surface area contributed by atoms with Crippen molar-refractivity contribution in [3.05, 3.63) is 28.5 Å². The molecule has 0 aromatic heterocycles. The van der Waals surface area contributed by atoms with Gasteiger partial charge in [-0.3, -0.25) is 0 Å². The summed E-state index contributed by atoms with van der Waals surface area (Å²) >= 11 is 3.07. The zero-order valence-corrected chi connectivity index (χ0v) is 13.2. The first kappa shape index (κ1) is 16.8. The minimum absolute atomic E-state index is 0. The molecule has 2 rings (SSSR count). The molecule has 1 aliphatic rings. The molecule has 0 aliphatic carbocycles. The van der Waals surface area contributed by atoms with Gasteiger partial charge < -0.3 is 5.32 Å². The summed E-state index contributed by atoms with van der Waals surface area (Å²) in [5.74, 6) is -0.749. The van der Waals surface area contributed by atoms with E-state index < -0.39 is 15.8 Å². The van der Waals surface area contributed by atoms with Gasteiger partial charge in [-0.05, 0) is 47.4 Å². The van der Waals surface area contributed by atoms with Gasteiger partial charge in [-0.15, -0.1) is 12.4 Å². The second-order valence-corrected chi connectivity index (χ2v) is 6.72. The highest BCUT2D eigenvalue weighted by Gasteiger charge is 2.26. The first-order valence-corrected chi connectivity index (χ1v) is 7.95. The second-order valence-electron chi connectivity index (χ2n) is 4.22. The maximum atomic E-state index is 13.6. The van der Waals surface area contributed by atoms with Gasteiger partial charge in [0, 0.05) is 17.1 Å². The number of nitrogens with one attached hydrogen (secondary N) is 2. The predicted molar refractivity (Wildman–Crippen MR) is 77.6 cm³/mol. The Bertz CT molecular complexity index is 515. The van der Waals surface area contributed by atoms with Crippen molar-refractivity contribution in [1.82, 2.24) is 10.0 Å².